The number of urea groups is 1. The second-order valence-corrected chi connectivity index (χ2v) is 7.08. The van der Waals surface area contributed by atoms with Gasteiger partial charge in [0.15, 0.2) is 11.5 Å². The van der Waals surface area contributed by atoms with Crippen LogP contribution in [-0.2, 0) is 11.3 Å². The van der Waals surface area contributed by atoms with Gasteiger partial charge in [0.2, 0.25) is 5.91 Å². The van der Waals surface area contributed by atoms with Crippen molar-refractivity contribution in [3.8, 4) is 11.5 Å². The first kappa shape index (κ1) is 19.2. The van der Waals surface area contributed by atoms with E-state index in [0.29, 0.717) is 36.9 Å². The molecule has 27 heavy (non-hydrogen) atoms. The van der Waals surface area contributed by atoms with Gasteiger partial charge in [0, 0.05) is 22.8 Å². The minimum Gasteiger partial charge on any atom is -0.486 e. The van der Waals surface area contributed by atoms with Crippen LogP contribution in [0.3, 0.4) is 0 Å². The Balaban J connectivity index is 1.47. The molecule has 2 N–H and O–H groups in total. The van der Waals surface area contributed by atoms with E-state index in [1.54, 1.807) is 18.2 Å². The normalized spacial score (nSPS) is 12.6. The van der Waals surface area contributed by atoms with E-state index >= 15 is 0 Å². The zero-order chi connectivity index (χ0) is 19.2. The highest BCUT2D eigenvalue weighted by Gasteiger charge is 2.14. The summed E-state index contributed by atoms with van der Waals surface area (Å²) in [5, 5.41) is 4.95. The highest BCUT2D eigenvalue weighted by atomic mass is 79.9. The maximum atomic E-state index is 12.1. The van der Waals surface area contributed by atoms with E-state index in [2.05, 4.69) is 26.6 Å². The monoisotopic (exact) mass is 433 g/mol. The van der Waals surface area contributed by atoms with E-state index in [4.69, 9.17) is 9.47 Å². The molecule has 0 aromatic heterocycles. The Kier molecular flexibility index (Phi) is 6.31. The molecule has 3 rings (SSSR count). The standard InChI is InChI=1S/C19H20BrN3O4/c1-23(11-13-2-4-14(20)5-3-13)12-18(24)22-19(25)21-15-6-7-16-17(10-15)27-9-8-26-16/h2-7,10H,8-9,11-12H2,1H3,(H2,21,22,24,25). The largest absolute Gasteiger partial charge is 0.486 e. The molecule has 0 atom stereocenters. The Morgan fingerprint density at radius 1 is 1.07 bits per heavy atom. The summed E-state index contributed by atoms with van der Waals surface area (Å²) < 4.78 is 11.9. The zero-order valence-corrected chi connectivity index (χ0v) is 16.4. The molecule has 0 bridgehead atoms. The van der Waals surface area contributed by atoms with E-state index in [9.17, 15) is 9.59 Å². The van der Waals surface area contributed by atoms with Crippen molar-refractivity contribution < 1.29 is 19.1 Å². The van der Waals surface area contributed by atoms with Gasteiger partial charge in [-0.3, -0.25) is 15.0 Å². The summed E-state index contributed by atoms with van der Waals surface area (Å²) in [7, 11) is 1.82. The van der Waals surface area contributed by atoms with Gasteiger partial charge >= 0.3 is 6.03 Å². The summed E-state index contributed by atoms with van der Waals surface area (Å²) in [4.78, 5) is 25.9. The molecule has 0 saturated heterocycles. The molecule has 1 aliphatic heterocycles. The number of nitrogens with one attached hydrogen (secondary N) is 2. The zero-order valence-electron chi connectivity index (χ0n) is 14.8. The SMILES string of the molecule is CN(CC(=O)NC(=O)Nc1ccc2c(c1)OCCO2)Cc1ccc(Br)cc1. The van der Waals surface area contributed by atoms with Crippen LogP contribution in [-0.4, -0.2) is 43.6 Å². The first-order valence-corrected chi connectivity index (χ1v) is 9.22. The number of ether oxygens (including phenoxy) is 2. The Bertz CT molecular complexity index is 826. The number of hydrogen-bond donors (Lipinski definition) is 2. The van der Waals surface area contributed by atoms with Crippen molar-refractivity contribution in [3.05, 3.63) is 52.5 Å². The molecular formula is C19H20BrN3O4. The molecule has 0 radical (unpaired) electrons. The predicted octanol–water partition coefficient (Wildman–Crippen LogP) is 3.00. The average molecular weight is 434 g/mol. The molecule has 3 amide bonds. The van der Waals surface area contributed by atoms with Crippen LogP contribution in [0.25, 0.3) is 0 Å². The number of carbonyl (C=O) groups excluding carboxylic acids is 2. The molecule has 0 unspecified atom stereocenters. The summed E-state index contributed by atoms with van der Waals surface area (Å²) in [6.07, 6.45) is 0. The van der Waals surface area contributed by atoms with Crippen LogP contribution in [0.5, 0.6) is 11.5 Å². The van der Waals surface area contributed by atoms with Crippen LogP contribution in [0.4, 0.5) is 10.5 Å². The number of likely N-dealkylation sites (N-methyl/N-ethyl adjacent to an activating group) is 1. The summed E-state index contributed by atoms with van der Waals surface area (Å²) >= 11 is 3.39. The van der Waals surface area contributed by atoms with Gasteiger partial charge in [-0.15, -0.1) is 0 Å². The van der Waals surface area contributed by atoms with Gasteiger partial charge in [0.25, 0.3) is 0 Å². The molecule has 1 aliphatic rings. The number of rotatable bonds is 5. The fourth-order valence-corrected chi connectivity index (χ4v) is 2.92. The molecule has 8 heteroatoms. The molecule has 0 aliphatic carbocycles. The number of amides is 3. The van der Waals surface area contributed by atoms with Crippen LogP contribution < -0.4 is 20.1 Å². The Labute approximate surface area is 165 Å². The first-order valence-electron chi connectivity index (χ1n) is 8.43. The number of carbonyl (C=O) groups is 2. The number of benzene rings is 2. The van der Waals surface area contributed by atoms with Crippen molar-refractivity contribution in [2.75, 3.05) is 32.1 Å². The number of imide groups is 1. The summed E-state index contributed by atoms with van der Waals surface area (Å²) in [5.74, 6) is 0.821. The molecule has 0 saturated carbocycles. The number of hydrogen-bond acceptors (Lipinski definition) is 5. The second-order valence-electron chi connectivity index (χ2n) is 6.16. The fourth-order valence-electron chi connectivity index (χ4n) is 2.65. The van der Waals surface area contributed by atoms with Gasteiger partial charge in [0.05, 0.1) is 6.54 Å². The molecule has 2 aromatic carbocycles. The summed E-state index contributed by atoms with van der Waals surface area (Å²) in [5.41, 5.74) is 1.60. The fraction of sp³-hybridized carbons (Fsp3) is 0.263. The van der Waals surface area contributed by atoms with Gasteiger partial charge in [0.1, 0.15) is 13.2 Å². The maximum Gasteiger partial charge on any atom is 0.325 e. The van der Waals surface area contributed by atoms with E-state index in [0.717, 1.165) is 10.0 Å². The molecule has 7 nitrogen and oxygen atoms in total. The average Bonchev–Trinajstić information content (AvgIpc) is 2.63. The minimum atomic E-state index is -0.589. The lowest BCUT2D eigenvalue weighted by atomic mass is 10.2. The molecule has 2 aromatic rings. The topological polar surface area (TPSA) is 79.9 Å². The number of fused-ring (bicyclic) bond motifs is 1. The molecule has 0 spiro atoms. The van der Waals surface area contributed by atoms with Crippen molar-refractivity contribution in [2.45, 2.75) is 6.54 Å². The highest BCUT2D eigenvalue weighted by molar-refractivity contribution is 9.10. The van der Waals surface area contributed by atoms with Gasteiger partial charge in [-0.2, -0.15) is 0 Å². The van der Waals surface area contributed by atoms with Gasteiger partial charge in [-0.1, -0.05) is 28.1 Å². The molecule has 1 heterocycles. The van der Waals surface area contributed by atoms with E-state index in [1.165, 1.54) is 0 Å². The van der Waals surface area contributed by atoms with Crippen molar-refractivity contribution in [1.82, 2.24) is 10.2 Å². The molecule has 0 fully saturated rings. The van der Waals surface area contributed by atoms with Gasteiger partial charge in [-0.05, 0) is 36.9 Å². The minimum absolute atomic E-state index is 0.102. The lowest BCUT2D eigenvalue weighted by Gasteiger charge is -2.19. The third kappa shape index (κ3) is 5.70. The molecule has 142 valence electrons. The van der Waals surface area contributed by atoms with Crippen molar-refractivity contribution >= 4 is 33.6 Å². The number of anilines is 1. The lowest BCUT2D eigenvalue weighted by molar-refractivity contribution is -0.120. The van der Waals surface area contributed by atoms with E-state index in [1.807, 2.05) is 36.2 Å². The summed E-state index contributed by atoms with van der Waals surface area (Å²) in [6, 6.07) is 12.3. The van der Waals surface area contributed by atoms with Crippen LogP contribution in [0, 0.1) is 0 Å². The van der Waals surface area contributed by atoms with Crippen molar-refractivity contribution in [3.63, 3.8) is 0 Å². The van der Waals surface area contributed by atoms with E-state index in [-0.39, 0.29) is 12.5 Å². The second kappa shape index (κ2) is 8.88. The van der Waals surface area contributed by atoms with Crippen LogP contribution in [0.15, 0.2) is 46.9 Å². The lowest BCUT2D eigenvalue weighted by Crippen LogP contribution is -2.40. The molecular weight excluding hydrogens is 414 g/mol. The van der Waals surface area contributed by atoms with Crippen molar-refractivity contribution in [1.29, 1.82) is 0 Å². The Morgan fingerprint density at radius 3 is 2.52 bits per heavy atom. The third-order valence-corrected chi connectivity index (χ3v) is 4.36. The summed E-state index contributed by atoms with van der Waals surface area (Å²) in [6.45, 7) is 1.67. The quantitative estimate of drug-likeness (QED) is 0.757. The highest BCUT2D eigenvalue weighted by Crippen LogP contribution is 2.32. The van der Waals surface area contributed by atoms with Gasteiger partial charge in [-0.25, -0.2) is 4.79 Å². The number of halogens is 1. The van der Waals surface area contributed by atoms with Crippen LogP contribution in [0.2, 0.25) is 0 Å². The Hall–Kier alpha value is -2.58. The number of nitrogens with zero attached hydrogens (tertiary/aromatic N) is 1. The first-order chi connectivity index (χ1) is 13.0. The van der Waals surface area contributed by atoms with E-state index < -0.39 is 6.03 Å². The third-order valence-electron chi connectivity index (χ3n) is 3.83. The van der Waals surface area contributed by atoms with Crippen molar-refractivity contribution in [2.24, 2.45) is 0 Å². The van der Waals surface area contributed by atoms with Crippen LogP contribution >= 0.6 is 15.9 Å². The van der Waals surface area contributed by atoms with Gasteiger partial charge < -0.3 is 14.8 Å². The Morgan fingerprint density at radius 2 is 1.78 bits per heavy atom. The predicted molar refractivity (Wildman–Crippen MR) is 105 cm³/mol. The van der Waals surface area contributed by atoms with Crippen LogP contribution in [0.1, 0.15) is 5.56 Å². The maximum absolute atomic E-state index is 12.1. The smallest absolute Gasteiger partial charge is 0.325 e.